The molecule has 0 spiro atoms. The minimum atomic E-state index is -3.55. The Labute approximate surface area is 178 Å². The molecule has 0 fully saturated rings. The van der Waals surface area contributed by atoms with Gasteiger partial charge in [0.2, 0.25) is 0 Å². The molecule has 1 N–H and O–H groups in total. The van der Waals surface area contributed by atoms with Gasteiger partial charge in [-0.1, -0.05) is 0 Å². The van der Waals surface area contributed by atoms with Gasteiger partial charge in [-0.05, 0) is 0 Å². The number of rotatable bonds is 9. The van der Waals surface area contributed by atoms with Gasteiger partial charge in [0.1, 0.15) is 0 Å². The third-order valence-electron chi connectivity index (χ3n) is 5.42. The molecular formula is C23H41NO2SSn. The van der Waals surface area contributed by atoms with Gasteiger partial charge in [0, 0.05) is 0 Å². The second-order valence-corrected chi connectivity index (χ2v) is 26.6. The number of allylic oxidation sites excluding steroid dienone is 1. The first-order valence-corrected chi connectivity index (χ1v) is 22.0. The van der Waals surface area contributed by atoms with Crippen LogP contribution in [0.4, 0.5) is 0 Å². The number of benzene rings is 1. The average Bonchev–Trinajstić information content (AvgIpc) is 2.56. The summed E-state index contributed by atoms with van der Waals surface area (Å²) >= 11 is -2.03. The maximum absolute atomic E-state index is 13.3. The summed E-state index contributed by atoms with van der Waals surface area (Å²) in [6.07, 6.45) is 2.98. The van der Waals surface area contributed by atoms with E-state index in [0.29, 0.717) is 17.4 Å². The molecule has 5 heteroatoms. The van der Waals surface area contributed by atoms with Crippen LogP contribution in [0, 0.1) is 0 Å². The van der Waals surface area contributed by atoms with Gasteiger partial charge in [0.25, 0.3) is 0 Å². The summed E-state index contributed by atoms with van der Waals surface area (Å²) in [6.45, 7) is 15.3. The summed E-state index contributed by atoms with van der Waals surface area (Å²) in [4.78, 5) is 7.64. The van der Waals surface area contributed by atoms with E-state index in [0.717, 1.165) is 17.5 Å². The third kappa shape index (κ3) is 6.87. The van der Waals surface area contributed by atoms with E-state index in [1.807, 2.05) is 0 Å². The first-order chi connectivity index (χ1) is 12.7. The van der Waals surface area contributed by atoms with Gasteiger partial charge < -0.3 is 0 Å². The fraction of sp³-hybridized carbons (Fsp3) is 0.652. The van der Waals surface area contributed by atoms with Crippen molar-refractivity contribution >= 4 is 28.4 Å². The molecule has 0 aliphatic carbocycles. The van der Waals surface area contributed by atoms with Crippen LogP contribution in [0.2, 0.25) is 14.8 Å². The van der Waals surface area contributed by atoms with Gasteiger partial charge in [-0.3, -0.25) is 0 Å². The van der Waals surface area contributed by atoms with Crippen molar-refractivity contribution in [3.05, 3.63) is 38.5 Å². The predicted molar refractivity (Wildman–Crippen MR) is 126 cm³/mol. The van der Waals surface area contributed by atoms with Crippen molar-refractivity contribution in [1.29, 1.82) is 0 Å². The van der Waals surface area contributed by atoms with Crippen LogP contribution in [0.15, 0.2) is 26.7 Å². The Bertz CT molecular complexity index is 771. The predicted octanol–water partition coefficient (Wildman–Crippen LogP) is 6.55. The van der Waals surface area contributed by atoms with Gasteiger partial charge in [-0.25, -0.2) is 0 Å². The summed E-state index contributed by atoms with van der Waals surface area (Å²) in [6, 6.07) is 4.18. The van der Waals surface area contributed by atoms with E-state index < -0.39 is 28.4 Å². The van der Waals surface area contributed by atoms with E-state index in [-0.39, 0.29) is 11.8 Å². The first kappa shape index (κ1) is 25.7. The van der Waals surface area contributed by atoms with E-state index in [2.05, 4.69) is 86.2 Å². The van der Waals surface area contributed by atoms with Gasteiger partial charge >= 0.3 is 179 Å². The van der Waals surface area contributed by atoms with Crippen LogP contribution >= 0.6 is 0 Å². The van der Waals surface area contributed by atoms with E-state index >= 15 is 0 Å². The molecule has 0 unspecified atom stereocenters. The first-order valence-electron chi connectivity index (χ1n) is 10.5. The van der Waals surface area contributed by atoms with Crippen molar-refractivity contribution in [3.63, 3.8) is 0 Å². The molecule has 0 saturated heterocycles. The summed E-state index contributed by atoms with van der Waals surface area (Å²) in [5.74, 6) is 0.677. The number of nitrogens with one attached hydrogen (secondary N) is 1. The zero-order chi connectivity index (χ0) is 21.9. The molecule has 28 heavy (non-hydrogen) atoms. The maximum atomic E-state index is 13.3. The van der Waals surface area contributed by atoms with Gasteiger partial charge in [0.15, 0.2) is 0 Å². The molecule has 0 heterocycles. The molecule has 0 radical (unpaired) electrons. The molecule has 0 saturated carbocycles. The van der Waals surface area contributed by atoms with Crippen molar-refractivity contribution < 1.29 is 8.42 Å². The molecule has 0 bridgehead atoms. The molecule has 0 atom stereocenters. The van der Waals surface area contributed by atoms with Crippen LogP contribution < -0.4 is 4.72 Å². The summed E-state index contributed by atoms with van der Waals surface area (Å²) in [5.41, 5.74) is 3.07. The molecule has 1 aromatic rings. The second-order valence-electron chi connectivity index (χ2n) is 9.82. The summed E-state index contributed by atoms with van der Waals surface area (Å²) < 4.78 is 30.9. The van der Waals surface area contributed by atoms with Crippen molar-refractivity contribution in [2.45, 2.75) is 92.4 Å². The Morgan fingerprint density at radius 2 is 1.43 bits per heavy atom. The second kappa shape index (κ2) is 10.1. The van der Waals surface area contributed by atoms with Crippen molar-refractivity contribution in [3.8, 4) is 0 Å². The van der Waals surface area contributed by atoms with E-state index in [1.165, 1.54) is 9.15 Å². The molecular weight excluding hydrogens is 473 g/mol. The van der Waals surface area contributed by atoms with Gasteiger partial charge in [-0.2, -0.15) is 0 Å². The monoisotopic (exact) mass is 515 g/mol. The quantitative estimate of drug-likeness (QED) is 0.300. The Hall–Kier alpha value is -0.331. The standard InChI is InChI=1S/C20H32NO2S.3CH3.Sn/c1-8-9-10-11-21-24(22,23)20-18(15(4)5)12-17(14(2)3)13-19(20)16(6)7;;;;/h9,12-16,21H,10-11H2,1-7H3;3*1H3;. The van der Waals surface area contributed by atoms with Crippen LogP contribution in [0.3, 0.4) is 0 Å². The van der Waals surface area contributed by atoms with Crippen molar-refractivity contribution in [2.24, 2.45) is 0 Å². The molecule has 1 rings (SSSR count). The fourth-order valence-electron chi connectivity index (χ4n) is 3.06. The van der Waals surface area contributed by atoms with Crippen LogP contribution in [-0.4, -0.2) is 33.3 Å². The summed E-state index contributed by atoms with van der Waals surface area (Å²) in [5, 5.41) is 0. The van der Waals surface area contributed by atoms with Crippen LogP contribution in [0.1, 0.15) is 89.3 Å². The molecule has 0 aromatic heterocycles. The number of hydrogen-bond acceptors (Lipinski definition) is 2. The fourth-order valence-corrected chi connectivity index (χ4v) is 6.96. The van der Waals surface area contributed by atoms with Crippen molar-refractivity contribution in [2.75, 3.05) is 6.54 Å². The van der Waals surface area contributed by atoms with E-state index in [9.17, 15) is 8.42 Å². The molecule has 0 aliphatic heterocycles. The Morgan fingerprint density at radius 3 is 1.79 bits per heavy atom. The average molecular weight is 514 g/mol. The molecule has 3 nitrogen and oxygen atoms in total. The van der Waals surface area contributed by atoms with E-state index in [1.54, 1.807) is 0 Å². The Balaban J connectivity index is 3.28. The normalized spacial score (nSPS) is 13.8. The number of hydrogen-bond donors (Lipinski definition) is 1. The number of sulfonamides is 1. The minimum absolute atomic E-state index is 0.153. The van der Waals surface area contributed by atoms with Crippen molar-refractivity contribution in [1.82, 2.24) is 4.72 Å². The SMILES string of the molecule is C/[C](=C/CCNS(=O)(=O)c1c(C(C)C)cc(C(C)C)cc1C(C)C)[Sn]([CH3])([CH3])[CH3]. The van der Waals surface area contributed by atoms with E-state index in [4.69, 9.17) is 0 Å². The third-order valence-corrected chi connectivity index (χ3v) is 14.3. The van der Waals surface area contributed by atoms with Crippen LogP contribution in [0.5, 0.6) is 0 Å². The molecule has 0 aliphatic rings. The van der Waals surface area contributed by atoms with Gasteiger partial charge in [-0.15, -0.1) is 0 Å². The molecule has 160 valence electrons. The topological polar surface area (TPSA) is 46.2 Å². The zero-order valence-corrected chi connectivity index (χ0v) is 23.3. The molecule has 1 aromatic carbocycles. The Morgan fingerprint density at radius 1 is 0.964 bits per heavy atom. The van der Waals surface area contributed by atoms with Crippen LogP contribution in [-0.2, 0) is 10.0 Å². The zero-order valence-electron chi connectivity index (χ0n) is 19.6. The molecule has 0 amide bonds. The van der Waals surface area contributed by atoms with Gasteiger partial charge in [0.05, 0.1) is 0 Å². The van der Waals surface area contributed by atoms with Crippen LogP contribution in [0.25, 0.3) is 0 Å². The summed E-state index contributed by atoms with van der Waals surface area (Å²) in [7, 11) is -3.55. The Kier molecular flexibility index (Phi) is 9.29.